The van der Waals surface area contributed by atoms with Gasteiger partial charge in [0.1, 0.15) is 0 Å². The van der Waals surface area contributed by atoms with Crippen LogP contribution in [0.1, 0.15) is 20.8 Å². The molecule has 0 spiro atoms. The summed E-state index contributed by atoms with van der Waals surface area (Å²) in [6, 6.07) is 0. The molecule has 0 radical (unpaired) electrons. The summed E-state index contributed by atoms with van der Waals surface area (Å²) in [6.45, 7) is 6.75. The first kappa shape index (κ1) is 10.6. The first-order valence-electron chi connectivity index (χ1n) is 6.30. The molecule has 0 N–H and O–H groups in total. The normalized spacial score (nSPS) is 30.4. The van der Waals surface area contributed by atoms with Crippen molar-refractivity contribution in [2.24, 2.45) is 11.8 Å². The Morgan fingerprint density at radius 1 is 0.824 bits per heavy atom. The minimum absolute atomic E-state index is 0.555. The summed E-state index contributed by atoms with van der Waals surface area (Å²) in [5.74, 6) is 1.11. The lowest BCUT2D eigenvalue weighted by Gasteiger charge is -2.37. The van der Waals surface area contributed by atoms with E-state index in [1.54, 1.807) is 0 Å². The van der Waals surface area contributed by atoms with Gasteiger partial charge in [0.2, 0.25) is 0 Å². The maximum absolute atomic E-state index is 2.35. The SMILES string of the molecule is CC1=CC=CC2=CC(C)=C3C=CC=C(C)C3C12. The zero-order chi connectivity index (χ0) is 12.0. The maximum Gasteiger partial charge on any atom is 0.0157 e. The van der Waals surface area contributed by atoms with Gasteiger partial charge in [-0.1, -0.05) is 53.7 Å². The van der Waals surface area contributed by atoms with Crippen LogP contribution in [0.15, 0.2) is 70.4 Å². The number of rotatable bonds is 0. The van der Waals surface area contributed by atoms with Gasteiger partial charge in [-0.3, -0.25) is 0 Å². The van der Waals surface area contributed by atoms with Crippen molar-refractivity contribution >= 4 is 0 Å². The summed E-state index contributed by atoms with van der Waals surface area (Å²) in [6.07, 6.45) is 15.8. The van der Waals surface area contributed by atoms with Crippen molar-refractivity contribution in [3.05, 3.63) is 70.4 Å². The van der Waals surface area contributed by atoms with E-state index < -0.39 is 0 Å². The van der Waals surface area contributed by atoms with Gasteiger partial charge in [-0.2, -0.15) is 0 Å². The Hall–Kier alpha value is -1.56. The van der Waals surface area contributed by atoms with Crippen molar-refractivity contribution in [3.8, 4) is 0 Å². The van der Waals surface area contributed by atoms with Gasteiger partial charge in [-0.15, -0.1) is 0 Å². The van der Waals surface area contributed by atoms with Crippen LogP contribution >= 0.6 is 0 Å². The van der Waals surface area contributed by atoms with Gasteiger partial charge in [-0.05, 0) is 37.5 Å². The molecule has 86 valence electrons. The molecule has 0 aliphatic heterocycles. The fourth-order valence-electron chi connectivity index (χ4n) is 3.28. The van der Waals surface area contributed by atoms with Gasteiger partial charge in [0.25, 0.3) is 0 Å². The number of hydrogen-bond acceptors (Lipinski definition) is 0. The van der Waals surface area contributed by atoms with Crippen molar-refractivity contribution in [2.75, 3.05) is 0 Å². The van der Waals surface area contributed by atoms with Crippen LogP contribution in [0, 0.1) is 11.8 Å². The van der Waals surface area contributed by atoms with E-state index in [9.17, 15) is 0 Å². The summed E-state index contributed by atoms with van der Waals surface area (Å²) in [7, 11) is 0. The van der Waals surface area contributed by atoms with Crippen LogP contribution in [0.5, 0.6) is 0 Å². The molecule has 3 aliphatic rings. The highest BCUT2D eigenvalue weighted by Gasteiger charge is 2.34. The Balaban J connectivity index is 2.19. The fourth-order valence-corrected chi connectivity index (χ4v) is 3.28. The van der Waals surface area contributed by atoms with Crippen molar-refractivity contribution in [1.29, 1.82) is 0 Å². The largest absolute Gasteiger partial charge is 0.0649 e. The van der Waals surface area contributed by atoms with Crippen LogP contribution in [0.2, 0.25) is 0 Å². The molecular weight excluding hydrogens is 204 g/mol. The lowest BCUT2D eigenvalue weighted by Crippen LogP contribution is -2.26. The van der Waals surface area contributed by atoms with E-state index in [1.165, 1.54) is 27.9 Å². The molecule has 0 bridgehead atoms. The second-order valence-electron chi connectivity index (χ2n) is 5.28. The Kier molecular flexibility index (Phi) is 2.32. The van der Waals surface area contributed by atoms with Crippen molar-refractivity contribution < 1.29 is 0 Å². The molecule has 0 aromatic rings. The maximum atomic E-state index is 2.35. The van der Waals surface area contributed by atoms with E-state index in [0.717, 1.165) is 0 Å². The molecule has 0 heteroatoms. The van der Waals surface area contributed by atoms with Gasteiger partial charge in [-0.25, -0.2) is 0 Å². The minimum atomic E-state index is 0.555. The third-order valence-corrected chi connectivity index (χ3v) is 4.13. The Morgan fingerprint density at radius 3 is 2.24 bits per heavy atom. The highest BCUT2D eigenvalue weighted by molar-refractivity contribution is 5.55. The summed E-state index contributed by atoms with van der Waals surface area (Å²) in [4.78, 5) is 0. The third-order valence-electron chi connectivity index (χ3n) is 4.13. The van der Waals surface area contributed by atoms with Gasteiger partial charge >= 0.3 is 0 Å². The smallest absolute Gasteiger partial charge is 0.0157 e. The highest BCUT2D eigenvalue weighted by atomic mass is 14.4. The molecule has 0 saturated heterocycles. The first-order chi connectivity index (χ1) is 8.18. The molecule has 0 saturated carbocycles. The van der Waals surface area contributed by atoms with Crippen LogP contribution in [-0.2, 0) is 0 Å². The standard InChI is InChI=1S/C17H18/c1-11-6-4-8-14-10-13(3)15-9-5-7-12(2)17(15)16(11)14/h4-10,16-17H,1-3H3. The van der Waals surface area contributed by atoms with Crippen molar-refractivity contribution in [1.82, 2.24) is 0 Å². The summed E-state index contributed by atoms with van der Waals surface area (Å²) in [5, 5.41) is 0. The van der Waals surface area contributed by atoms with E-state index in [4.69, 9.17) is 0 Å². The molecule has 3 rings (SSSR count). The van der Waals surface area contributed by atoms with Gasteiger partial charge in [0, 0.05) is 11.8 Å². The molecule has 0 amide bonds. The van der Waals surface area contributed by atoms with Gasteiger partial charge in [0.05, 0.1) is 0 Å². The Bertz CT molecular complexity index is 545. The second kappa shape index (κ2) is 3.73. The number of allylic oxidation sites excluding steroid dienone is 12. The van der Waals surface area contributed by atoms with E-state index in [1.807, 2.05) is 0 Å². The lowest BCUT2D eigenvalue weighted by atomic mass is 9.66. The highest BCUT2D eigenvalue weighted by Crippen LogP contribution is 2.46. The van der Waals surface area contributed by atoms with E-state index in [2.05, 4.69) is 63.3 Å². The predicted octanol–water partition coefficient (Wildman–Crippen LogP) is 4.51. The molecule has 0 heterocycles. The third kappa shape index (κ3) is 1.51. The quantitative estimate of drug-likeness (QED) is 0.566. The first-order valence-corrected chi connectivity index (χ1v) is 6.30. The van der Waals surface area contributed by atoms with Crippen LogP contribution in [0.4, 0.5) is 0 Å². The van der Waals surface area contributed by atoms with E-state index in [-0.39, 0.29) is 0 Å². The molecule has 0 aromatic heterocycles. The topological polar surface area (TPSA) is 0 Å². The van der Waals surface area contributed by atoms with Crippen molar-refractivity contribution in [3.63, 3.8) is 0 Å². The van der Waals surface area contributed by atoms with Crippen LogP contribution < -0.4 is 0 Å². The second-order valence-corrected chi connectivity index (χ2v) is 5.28. The molecule has 0 nitrogen and oxygen atoms in total. The van der Waals surface area contributed by atoms with Crippen LogP contribution in [0.3, 0.4) is 0 Å². The summed E-state index contributed by atoms with van der Waals surface area (Å²) < 4.78 is 0. The monoisotopic (exact) mass is 222 g/mol. The Morgan fingerprint density at radius 2 is 1.47 bits per heavy atom. The molecule has 0 fully saturated rings. The molecule has 2 atom stereocenters. The van der Waals surface area contributed by atoms with Crippen LogP contribution in [0.25, 0.3) is 0 Å². The Labute approximate surface area is 103 Å². The van der Waals surface area contributed by atoms with Gasteiger partial charge in [0.15, 0.2) is 0 Å². The zero-order valence-corrected chi connectivity index (χ0v) is 10.7. The van der Waals surface area contributed by atoms with E-state index >= 15 is 0 Å². The summed E-state index contributed by atoms with van der Waals surface area (Å²) in [5.41, 5.74) is 7.36. The summed E-state index contributed by atoms with van der Waals surface area (Å²) >= 11 is 0. The molecule has 2 unspecified atom stereocenters. The molecule has 0 aromatic carbocycles. The fraction of sp³-hybridized carbons (Fsp3) is 0.294. The van der Waals surface area contributed by atoms with E-state index in [0.29, 0.717) is 11.8 Å². The molecular formula is C17H18. The number of fused-ring (bicyclic) bond motifs is 3. The zero-order valence-electron chi connectivity index (χ0n) is 10.7. The lowest BCUT2D eigenvalue weighted by molar-refractivity contribution is 0.550. The molecule has 3 aliphatic carbocycles. The minimum Gasteiger partial charge on any atom is -0.0649 e. The average molecular weight is 222 g/mol. The predicted molar refractivity (Wildman–Crippen MR) is 73.6 cm³/mol. The molecule has 17 heavy (non-hydrogen) atoms. The van der Waals surface area contributed by atoms with Crippen LogP contribution in [-0.4, -0.2) is 0 Å². The average Bonchev–Trinajstić information content (AvgIpc) is 2.30. The number of hydrogen-bond donors (Lipinski definition) is 0. The van der Waals surface area contributed by atoms with Crippen molar-refractivity contribution in [2.45, 2.75) is 20.8 Å². The van der Waals surface area contributed by atoms with Gasteiger partial charge < -0.3 is 0 Å².